The molecule has 2 aromatic rings. The zero-order chi connectivity index (χ0) is 12.6. The van der Waals surface area contributed by atoms with Crippen molar-refractivity contribution < 1.29 is 4.79 Å². The van der Waals surface area contributed by atoms with Crippen LogP contribution in [0, 0.1) is 6.92 Å². The van der Waals surface area contributed by atoms with E-state index in [9.17, 15) is 4.79 Å². The monoisotopic (exact) mass is 252 g/mol. The summed E-state index contributed by atoms with van der Waals surface area (Å²) in [6.45, 7) is 3.53. The van der Waals surface area contributed by atoms with E-state index in [1.807, 2.05) is 20.0 Å². The Balaban J connectivity index is 2.38. The second-order valence-electron chi connectivity index (χ2n) is 3.91. The predicted octanol–water partition coefficient (Wildman–Crippen LogP) is 1.84. The quantitative estimate of drug-likeness (QED) is 0.830. The number of pyridine rings is 1. The molecule has 2 aromatic heterocycles. The number of nitrogens with one attached hydrogen (secondary N) is 1. The largest absolute Gasteiger partial charge is 0.323 e. The highest BCUT2D eigenvalue weighted by Crippen LogP contribution is 2.19. The molecule has 0 aliphatic heterocycles. The number of aromatic nitrogens is 3. The molecule has 0 bridgehead atoms. The zero-order valence-electron chi connectivity index (χ0n) is 9.86. The molecule has 0 saturated heterocycles. The lowest BCUT2D eigenvalue weighted by Crippen LogP contribution is -2.20. The van der Waals surface area contributed by atoms with Crippen LogP contribution in [0.15, 0.2) is 12.3 Å². The van der Waals surface area contributed by atoms with Crippen LogP contribution in [0.25, 0.3) is 11.0 Å². The first-order valence-corrected chi connectivity index (χ1v) is 5.67. The summed E-state index contributed by atoms with van der Waals surface area (Å²) < 4.78 is 1.71. The number of carbonyl (C=O) groups is 1. The Labute approximate surface area is 104 Å². The lowest BCUT2D eigenvalue weighted by Gasteiger charge is -2.06. The molecule has 0 fully saturated rings. The Morgan fingerprint density at radius 2 is 2.29 bits per heavy atom. The van der Waals surface area contributed by atoms with Crippen LogP contribution in [-0.4, -0.2) is 26.0 Å². The van der Waals surface area contributed by atoms with E-state index in [2.05, 4.69) is 15.4 Å². The molecule has 0 aliphatic rings. The molecule has 6 heteroatoms. The average Bonchev–Trinajstić information content (AvgIpc) is 2.54. The van der Waals surface area contributed by atoms with Gasteiger partial charge in [-0.15, -0.1) is 11.6 Å². The van der Waals surface area contributed by atoms with Crippen molar-refractivity contribution in [2.45, 2.75) is 19.2 Å². The van der Waals surface area contributed by atoms with Crippen LogP contribution in [0.3, 0.4) is 0 Å². The number of aryl methyl sites for hydroxylation is 2. The van der Waals surface area contributed by atoms with Crippen molar-refractivity contribution in [3.8, 4) is 0 Å². The molecule has 17 heavy (non-hydrogen) atoms. The highest BCUT2D eigenvalue weighted by atomic mass is 35.5. The predicted molar refractivity (Wildman–Crippen MR) is 67.2 cm³/mol. The SMILES string of the molecule is Cc1nn(C)c2ncc(NC(=O)C(C)Cl)cc12. The number of carbonyl (C=O) groups excluding carboxylic acids is 1. The van der Waals surface area contributed by atoms with Gasteiger partial charge in [0.1, 0.15) is 5.38 Å². The summed E-state index contributed by atoms with van der Waals surface area (Å²) in [6, 6.07) is 1.85. The van der Waals surface area contributed by atoms with Crippen LogP contribution < -0.4 is 5.32 Å². The minimum Gasteiger partial charge on any atom is -0.323 e. The van der Waals surface area contributed by atoms with Crippen LogP contribution in [-0.2, 0) is 11.8 Å². The summed E-state index contributed by atoms with van der Waals surface area (Å²) in [7, 11) is 1.83. The first-order chi connectivity index (χ1) is 7.99. The molecule has 0 spiro atoms. The summed E-state index contributed by atoms with van der Waals surface area (Å²) in [5.41, 5.74) is 2.30. The van der Waals surface area contributed by atoms with Crippen LogP contribution >= 0.6 is 11.6 Å². The molecule has 0 aliphatic carbocycles. The van der Waals surface area contributed by atoms with E-state index in [0.717, 1.165) is 16.7 Å². The molecule has 1 amide bonds. The summed E-state index contributed by atoms with van der Waals surface area (Å²) in [4.78, 5) is 15.7. The van der Waals surface area contributed by atoms with Crippen molar-refractivity contribution in [3.05, 3.63) is 18.0 Å². The number of amides is 1. The van der Waals surface area contributed by atoms with Gasteiger partial charge in [0.05, 0.1) is 17.6 Å². The number of hydrogen-bond donors (Lipinski definition) is 1. The molecule has 90 valence electrons. The third-order valence-corrected chi connectivity index (χ3v) is 2.69. The van der Waals surface area contributed by atoms with E-state index < -0.39 is 5.38 Å². The van der Waals surface area contributed by atoms with Crippen molar-refractivity contribution in [3.63, 3.8) is 0 Å². The van der Waals surface area contributed by atoms with Crippen LogP contribution in [0.5, 0.6) is 0 Å². The second-order valence-corrected chi connectivity index (χ2v) is 4.56. The lowest BCUT2D eigenvalue weighted by atomic mass is 10.2. The highest BCUT2D eigenvalue weighted by Gasteiger charge is 2.11. The van der Waals surface area contributed by atoms with Gasteiger partial charge in [0.2, 0.25) is 5.91 Å². The normalized spacial score (nSPS) is 12.7. The van der Waals surface area contributed by atoms with Crippen LogP contribution in [0.4, 0.5) is 5.69 Å². The molecular formula is C11H13ClN4O. The third kappa shape index (κ3) is 2.24. The summed E-state index contributed by atoms with van der Waals surface area (Å²) in [5.74, 6) is -0.241. The number of hydrogen-bond acceptors (Lipinski definition) is 3. The van der Waals surface area contributed by atoms with Crippen molar-refractivity contribution in [1.29, 1.82) is 0 Å². The minimum absolute atomic E-state index is 0.241. The van der Waals surface area contributed by atoms with E-state index in [-0.39, 0.29) is 5.91 Å². The fourth-order valence-corrected chi connectivity index (χ4v) is 1.67. The van der Waals surface area contributed by atoms with Gasteiger partial charge in [0.25, 0.3) is 0 Å². The van der Waals surface area contributed by atoms with Gasteiger partial charge in [-0.25, -0.2) is 4.98 Å². The van der Waals surface area contributed by atoms with Gasteiger partial charge < -0.3 is 5.32 Å². The number of fused-ring (bicyclic) bond motifs is 1. The molecule has 1 unspecified atom stereocenters. The van der Waals surface area contributed by atoms with Crippen LogP contribution in [0.2, 0.25) is 0 Å². The molecule has 2 rings (SSSR count). The molecule has 1 atom stereocenters. The Bertz CT molecular complexity index is 576. The Hall–Kier alpha value is -1.62. The first kappa shape index (κ1) is 11.9. The number of anilines is 1. The maximum atomic E-state index is 11.4. The Morgan fingerprint density at radius 3 is 2.94 bits per heavy atom. The van der Waals surface area contributed by atoms with Gasteiger partial charge in [-0.2, -0.15) is 5.10 Å². The molecule has 5 nitrogen and oxygen atoms in total. The summed E-state index contributed by atoms with van der Waals surface area (Å²) >= 11 is 5.68. The molecular weight excluding hydrogens is 240 g/mol. The van der Waals surface area contributed by atoms with Crippen molar-refractivity contribution >= 4 is 34.2 Å². The Morgan fingerprint density at radius 1 is 1.59 bits per heavy atom. The minimum atomic E-state index is -0.569. The fraction of sp³-hybridized carbons (Fsp3) is 0.364. The van der Waals surface area contributed by atoms with E-state index >= 15 is 0 Å². The third-order valence-electron chi connectivity index (χ3n) is 2.49. The Kier molecular flexibility index (Phi) is 3.02. The van der Waals surface area contributed by atoms with Gasteiger partial charge >= 0.3 is 0 Å². The van der Waals surface area contributed by atoms with E-state index in [1.54, 1.807) is 17.8 Å². The topological polar surface area (TPSA) is 59.8 Å². The number of rotatable bonds is 2. The van der Waals surface area contributed by atoms with Crippen LogP contribution in [0.1, 0.15) is 12.6 Å². The van der Waals surface area contributed by atoms with Gasteiger partial charge in [0, 0.05) is 12.4 Å². The average molecular weight is 253 g/mol. The van der Waals surface area contributed by atoms with Gasteiger partial charge in [0.15, 0.2) is 5.65 Å². The lowest BCUT2D eigenvalue weighted by molar-refractivity contribution is -0.115. The summed E-state index contributed by atoms with van der Waals surface area (Å²) in [5, 5.41) is 7.32. The standard InChI is InChI=1S/C11H13ClN4O/c1-6(12)11(17)14-8-4-9-7(2)15-16(3)10(9)13-5-8/h4-6H,1-3H3,(H,14,17). The van der Waals surface area contributed by atoms with Crippen molar-refractivity contribution in [2.75, 3.05) is 5.32 Å². The highest BCUT2D eigenvalue weighted by molar-refractivity contribution is 6.32. The van der Waals surface area contributed by atoms with Gasteiger partial charge in [-0.05, 0) is 19.9 Å². The first-order valence-electron chi connectivity index (χ1n) is 5.23. The zero-order valence-corrected chi connectivity index (χ0v) is 10.6. The van der Waals surface area contributed by atoms with Gasteiger partial charge in [-0.1, -0.05) is 0 Å². The smallest absolute Gasteiger partial charge is 0.242 e. The number of halogens is 1. The maximum absolute atomic E-state index is 11.4. The van der Waals surface area contributed by atoms with E-state index in [1.165, 1.54) is 0 Å². The molecule has 0 saturated carbocycles. The molecule has 1 N–H and O–H groups in total. The summed E-state index contributed by atoms with van der Waals surface area (Å²) in [6.07, 6.45) is 1.60. The number of nitrogens with zero attached hydrogens (tertiary/aromatic N) is 3. The van der Waals surface area contributed by atoms with Crippen molar-refractivity contribution in [1.82, 2.24) is 14.8 Å². The number of alkyl halides is 1. The van der Waals surface area contributed by atoms with Gasteiger partial charge in [-0.3, -0.25) is 9.48 Å². The molecule has 0 radical (unpaired) electrons. The fourth-order valence-electron chi connectivity index (χ4n) is 1.62. The van der Waals surface area contributed by atoms with E-state index in [0.29, 0.717) is 5.69 Å². The molecule has 0 aromatic carbocycles. The van der Waals surface area contributed by atoms with Crippen molar-refractivity contribution in [2.24, 2.45) is 7.05 Å². The second kappa shape index (κ2) is 4.33. The van der Waals surface area contributed by atoms with E-state index in [4.69, 9.17) is 11.6 Å². The molecule has 2 heterocycles. The maximum Gasteiger partial charge on any atom is 0.242 e.